The van der Waals surface area contributed by atoms with Gasteiger partial charge in [-0.3, -0.25) is 4.79 Å². The van der Waals surface area contributed by atoms with Gasteiger partial charge in [0.05, 0.1) is 0 Å². The van der Waals surface area contributed by atoms with Gasteiger partial charge < -0.3 is 5.32 Å². The van der Waals surface area contributed by atoms with Crippen LogP contribution in [0.5, 0.6) is 0 Å². The lowest BCUT2D eigenvalue weighted by atomic mass is 10.2. The molecular formula is C14H19NO. The van der Waals surface area contributed by atoms with Gasteiger partial charge in [0.2, 0.25) is 0 Å². The molecule has 1 amide bonds. The molecule has 0 radical (unpaired) electrons. The SMILES string of the molecule is C=C/C=C(\C=C/C)NC(=O)C(/C=C\C)=C/C. The quantitative estimate of drug-likeness (QED) is 0.555. The van der Waals surface area contributed by atoms with Gasteiger partial charge in [-0.15, -0.1) is 0 Å². The average Bonchev–Trinajstić information content (AvgIpc) is 2.26. The monoisotopic (exact) mass is 217 g/mol. The highest BCUT2D eigenvalue weighted by Gasteiger charge is 2.04. The van der Waals surface area contributed by atoms with Gasteiger partial charge in [-0.1, -0.05) is 37.0 Å². The number of allylic oxidation sites excluding steroid dienone is 6. The van der Waals surface area contributed by atoms with Crippen LogP contribution in [0.1, 0.15) is 20.8 Å². The minimum absolute atomic E-state index is 0.119. The second-order valence-electron chi connectivity index (χ2n) is 3.06. The fraction of sp³-hybridized carbons (Fsp3) is 0.214. The van der Waals surface area contributed by atoms with Crippen molar-refractivity contribution in [1.29, 1.82) is 0 Å². The van der Waals surface area contributed by atoms with Gasteiger partial charge in [0.25, 0.3) is 5.91 Å². The predicted molar refractivity (Wildman–Crippen MR) is 69.8 cm³/mol. The van der Waals surface area contributed by atoms with Crippen molar-refractivity contribution in [2.24, 2.45) is 0 Å². The molecule has 1 N–H and O–H groups in total. The molecule has 0 aliphatic rings. The topological polar surface area (TPSA) is 29.1 Å². The lowest BCUT2D eigenvalue weighted by molar-refractivity contribution is -0.116. The van der Waals surface area contributed by atoms with Crippen molar-refractivity contribution in [1.82, 2.24) is 5.32 Å². The van der Waals surface area contributed by atoms with Gasteiger partial charge in [-0.05, 0) is 32.9 Å². The van der Waals surface area contributed by atoms with Crippen LogP contribution in [0, 0.1) is 0 Å². The van der Waals surface area contributed by atoms with E-state index in [9.17, 15) is 4.79 Å². The maximum Gasteiger partial charge on any atom is 0.255 e. The summed E-state index contributed by atoms with van der Waals surface area (Å²) in [5.41, 5.74) is 1.37. The van der Waals surface area contributed by atoms with Crippen LogP contribution in [0.25, 0.3) is 0 Å². The van der Waals surface area contributed by atoms with Gasteiger partial charge in [0.1, 0.15) is 0 Å². The maximum atomic E-state index is 11.8. The predicted octanol–water partition coefficient (Wildman–Crippen LogP) is 3.27. The van der Waals surface area contributed by atoms with Crippen LogP contribution < -0.4 is 5.32 Å². The Bertz CT molecular complexity index is 357. The summed E-state index contributed by atoms with van der Waals surface area (Å²) in [6.45, 7) is 9.21. The molecule has 0 saturated carbocycles. The number of carbonyl (C=O) groups is 1. The summed E-state index contributed by atoms with van der Waals surface area (Å²) < 4.78 is 0. The number of hydrogen-bond donors (Lipinski definition) is 1. The molecule has 0 aliphatic carbocycles. The highest BCUT2D eigenvalue weighted by atomic mass is 16.1. The van der Waals surface area contributed by atoms with Crippen molar-refractivity contribution in [2.75, 3.05) is 0 Å². The number of amides is 1. The molecule has 0 spiro atoms. The van der Waals surface area contributed by atoms with Gasteiger partial charge in [-0.25, -0.2) is 0 Å². The van der Waals surface area contributed by atoms with Gasteiger partial charge in [-0.2, -0.15) is 0 Å². The molecule has 2 nitrogen and oxygen atoms in total. The van der Waals surface area contributed by atoms with Crippen LogP contribution >= 0.6 is 0 Å². The van der Waals surface area contributed by atoms with Gasteiger partial charge in [0.15, 0.2) is 0 Å². The molecule has 0 fully saturated rings. The normalized spacial score (nSPS) is 13.4. The third-order valence-corrected chi connectivity index (χ3v) is 1.82. The fourth-order valence-corrected chi connectivity index (χ4v) is 1.13. The number of nitrogens with one attached hydrogen (secondary N) is 1. The first-order valence-electron chi connectivity index (χ1n) is 5.25. The first kappa shape index (κ1) is 14.2. The molecule has 0 rings (SSSR count). The Balaban J connectivity index is 4.76. The molecule has 86 valence electrons. The zero-order valence-corrected chi connectivity index (χ0v) is 10.2. The second kappa shape index (κ2) is 8.48. The minimum Gasteiger partial charge on any atom is -0.322 e. The highest BCUT2D eigenvalue weighted by molar-refractivity contribution is 5.97. The van der Waals surface area contributed by atoms with Crippen molar-refractivity contribution in [3.05, 3.63) is 60.4 Å². The highest BCUT2D eigenvalue weighted by Crippen LogP contribution is 2.00. The van der Waals surface area contributed by atoms with Crippen LogP contribution in [-0.4, -0.2) is 5.91 Å². The molecule has 0 aromatic rings. The molecule has 0 heterocycles. The summed E-state index contributed by atoms with van der Waals surface area (Å²) in [7, 11) is 0. The van der Waals surface area contributed by atoms with E-state index in [-0.39, 0.29) is 5.91 Å². The molecule has 0 aromatic heterocycles. The third kappa shape index (κ3) is 5.15. The van der Waals surface area contributed by atoms with E-state index in [1.165, 1.54) is 0 Å². The van der Waals surface area contributed by atoms with Crippen molar-refractivity contribution in [2.45, 2.75) is 20.8 Å². The Morgan fingerprint density at radius 3 is 2.19 bits per heavy atom. The Kier molecular flexibility index (Phi) is 7.51. The van der Waals surface area contributed by atoms with E-state index in [1.54, 1.807) is 24.3 Å². The van der Waals surface area contributed by atoms with Crippen LogP contribution in [-0.2, 0) is 4.79 Å². The smallest absolute Gasteiger partial charge is 0.255 e. The van der Waals surface area contributed by atoms with E-state index in [4.69, 9.17) is 0 Å². The first-order chi connectivity index (χ1) is 7.69. The molecule has 16 heavy (non-hydrogen) atoms. The van der Waals surface area contributed by atoms with E-state index in [0.29, 0.717) is 5.57 Å². The molecule has 0 atom stereocenters. The van der Waals surface area contributed by atoms with E-state index in [1.807, 2.05) is 39.0 Å². The van der Waals surface area contributed by atoms with E-state index >= 15 is 0 Å². The Morgan fingerprint density at radius 2 is 1.75 bits per heavy atom. The van der Waals surface area contributed by atoms with Crippen molar-refractivity contribution >= 4 is 5.91 Å². The van der Waals surface area contributed by atoms with Crippen LogP contribution in [0.15, 0.2) is 60.4 Å². The van der Waals surface area contributed by atoms with Crippen LogP contribution in [0.2, 0.25) is 0 Å². The zero-order chi connectivity index (χ0) is 12.4. The summed E-state index contributed by atoms with van der Waals surface area (Å²) in [5, 5.41) is 2.80. The third-order valence-electron chi connectivity index (χ3n) is 1.82. The molecule has 0 aromatic carbocycles. The van der Waals surface area contributed by atoms with E-state index in [0.717, 1.165) is 5.70 Å². The maximum absolute atomic E-state index is 11.8. The largest absolute Gasteiger partial charge is 0.322 e. The Hall–Kier alpha value is -1.83. The molecule has 0 saturated heterocycles. The summed E-state index contributed by atoms with van der Waals surface area (Å²) >= 11 is 0. The second-order valence-corrected chi connectivity index (χ2v) is 3.06. The van der Waals surface area contributed by atoms with E-state index < -0.39 is 0 Å². The van der Waals surface area contributed by atoms with Crippen LogP contribution in [0.3, 0.4) is 0 Å². The number of rotatable bonds is 5. The first-order valence-corrected chi connectivity index (χ1v) is 5.25. The summed E-state index contributed by atoms with van der Waals surface area (Å²) in [6, 6.07) is 0. The average molecular weight is 217 g/mol. The molecule has 2 heteroatoms. The molecule has 0 aliphatic heterocycles. The zero-order valence-electron chi connectivity index (χ0n) is 10.2. The number of hydrogen-bond acceptors (Lipinski definition) is 1. The number of carbonyl (C=O) groups excluding carboxylic acids is 1. The fourth-order valence-electron chi connectivity index (χ4n) is 1.13. The van der Waals surface area contributed by atoms with Crippen LogP contribution in [0.4, 0.5) is 0 Å². The lowest BCUT2D eigenvalue weighted by Gasteiger charge is -2.05. The van der Waals surface area contributed by atoms with Gasteiger partial charge in [0, 0.05) is 11.3 Å². The minimum atomic E-state index is -0.119. The van der Waals surface area contributed by atoms with Crippen molar-refractivity contribution < 1.29 is 4.79 Å². The Morgan fingerprint density at radius 1 is 1.12 bits per heavy atom. The summed E-state index contributed by atoms with van der Waals surface area (Å²) in [5.74, 6) is -0.119. The standard InChI is InChI=1S/C14H19NO/c1-5-9-12(8-4)14(16)15-13(10-6-2)11-7-3/h5-11H,2H2,1,3-4H3,(H,15,16)/b9-5-,11-7-,12-8+,13-10+. The van der Waals surface area contributed by atoms with E-state index in [2.05, 4.69) is 11.9 Å². The summed E-state index contributed by atoms with van der Waals surface area (Å²) in [6.07, 6.45) is 12.5. The van der Waals surface area contributed by atoms with Crippen molar-refractivity contribution in [3.63, 3.8) is 0 Å². The Labute approximate surface area is 97.7 Å². The molecule has 0 bridgehead atoms. The summed E-state index contributed by atoms with van der Waals surface area (Å²) in [4.78, 5) is 11.8. The van der Waals surface area contributed by atoms with Gasteiger partial charge >= 0.3 is 0 Å². The molecular weight excluding hydrogens is 198 g/mol. The van der Waals surface area contributed by atoms with Crippen molar-refractivity contribution in [3.8, 4) is 0 Å². The lowest BCUT2D eigenvalue weighted by Crippen LogP contribution is -2.22. The molecule has 0 unspecified atom stereocenters.